The lowest BCUT2D eigenvalue weighted by Gasteiger charge is -2.40. The van der Waals surface area contributed by atoms with Gasteiger partial charge in [-0.2, -0.15) is 4.31 Å². The molecule has 0 saturated carbocycles. The van der Waals surface area contributed by atoms with Crippen molar-refractivity contribution >= 4 is 50.4 Å². The number of amides is 1. The summed E-state index contributed by atoms with van der Waals surface area (Å²) in [7, 11) is -4.35. The fraction of sp³-hybridized carbons (Fsp3) is 0.423. The Morgan fingerprint density at radius 1 is 1.12 bits per heavy atom. The van der Waals surface area contributed by atoms with E-state index in [-0.39, 0.29) is 36.2 Å². The Kier molecular flexibility index (Phi) is 9.96. The fourth-order valence-corrected chi connectivity index (χ4v) is 7.48. The number of carboxylic acid groups (broad SMARTS) is 1. The zero-order chi connectivity index (χ0) is 30.7. The smallest absolute Gasteiger partial charge is 0.480 e. The molecule has 0 spiro atoms. The lowest BCUT2D eigenvalue weighted by atomic mass is 10.1. The molecule has 4 rings (SSSR count). The highest BCUT2D eigenvalue weighted by Gasteiger charge is 2.44. The number of nitrogens with zero attached hydrogens (tertiary/aromatic N) is 3. The molecule has 0 aliphatic carbocycles. The summed E-state index contributed by atoms with van der Waals surface area (Å²) in [6.45, 7) is 1.92. The molecular weight excluding hydrogens is 621 g/mol. The number of alkyl halides is 4. The first-order valence-corrected chi connectivity index (χ1v) is 15.6. The fourth-order valence-electron chi connectivity index (χ4n) is 4.51. The lowest BCUT2D eigenvalue weighted by Crippen LogP contribution is -2.61. The average molecular weight is 649 g/mol. The van der Waals surface area contributed by atoms with Gasteiger partial charge in [0, 0.05) is 26.2 Å². The van der Waals surface area contributed by atoms with E-state index in [0.717, 1.165) is 64.3 Å². The number of carbonyl (C=O) groups is 2. The summed E-state index contributed by atoms with van der Waals surface area (Å²) >= 11 is 7.00. The van der Waals surface area contributed by atoms with Gasteiger partial charge in [-0.3, -0.25) is 9.59 Å². The van der Waals surface area contributed by atoms with Crippen LogP contribution >= 0.6 is 23.4 Å². The zero-order valence-electron chi connectivity index (χ0n) is 22.3. The van der Waals surface area contributed by atoms with E-state index in [1.54, 1.807) is 4.90 Å². The van der Waals surface area contributed by atoms with Crippen molar-refractivity contribution in [1.82, 2.24) is 14.5 Å². The molecule has 16 heteroatoms. The maximum absolute atomic E-state index is 13.6. The van der Waals surface area contributed by atoms with Crippen molar-refractivity contribution in [3.8, 4) is 5.75 Å². The summed E-state index contributed by atoms with van der Waals surface area (Å²) in [4.78, 5) is 30.5. The second-order valence-electron chi connectivity index (χ2n) is 9.54. The van der Waals surface area contributed by atoms with Gasteiger partial charge in [0.2, 0.25) is 15.9 Å². The number of hydrogen-bond acceptors (Lipinski definition) is 8. The third-order valence-corrected chi connectivity index (χ3v) is 10.3. The monoisotopic (exact) mass is 648 g/mol. The summed E-state index contributed by atoms with van der Waals surface area (Å²) < 4.78 is 69.7. The van der Waals surface area contributed by atoms with Crippen LogP contribution in [0.4, 0.5) is 13.2 Å². The molecule has 2 aliphatic heterocycles. The van der Waals surface area contributed by atoms with Crippen molar-refractivity contribution in [3.63, 3.8) is 0 Å². The molecule has 0 bridgehead atoms. The van der Waals surface area contributed by atoms with E-state index >= 15 is 0 Å². The largest absolute Gasteiger partial charge is 0.573 e. The molecule has 2 aromatic rings. The SMILES string of the molecule is CCCc1ccc(CNC(=O)[C@H]2CN(C3=NC(Cl)C(C(=O)O)S3)CCN2S(=O)(=O)c2ccc(OC(F)(F)F)cc2)cc1. The number of piperazine rings is 1. The van der Waals surface area contributed by atoms with Gasteiger partial charge in [-0.1, -0.05) is 61.0 Å². The molecule has 1 amide bonds. The van der Waals surface area contributed by atoms with Crippen LogP contribution in [0.3, 0.4) is 0 Å². The number of ether oxygens (including phenoxy) is 1. The molecular formula is C26H28ClF3N4O6S2. The lowest BCUT2D eigenvalue weighted by molar-refractivity contribution is -0.274. The number of carboxylic acids is 1. The van der Waals surface area contributed by atoms with Crippen LogP contribution in [0.25, 0.3) is 0 Å². The van der Waals surface area contributed by atoms with E-state index in [0.29, 0.717) is 0 Å². The van der Waals surface area contributed by atoms with Crippen LogP contribution in [0.2, 0.25) is 0 Å². The van der Waals surface area contributed by atoms with E-state index < -0.39 is 50.8 Å². The number of nitrogens with one attached hydrogen (secondary N) is 1. The van der Waals surface area contributed by atoms with E-state index in [2.05, 4.69) is 22.0 Å². The van der Waals surface area contributed by atoms with E-state index in [1.165, 1.54) is 0 Å². The normalized spacial score (nSPS) is 21.6. The van der Waals surface area contributed by atoms with E-state index in [9.17, 15) is 36.3 Å². The first-order valence-electron chi connectivity index (χ1n) is 12.9. The topological polar surface area (TPSA) is 129 Å². The molecule has 0 radical (unpaired) electrons. The van der Waals surface area contributed by atoms with Gasteiger partial charge in [-0.25, -0.2) is 13.4 Å². The number of aliphatic carboxylic acids is 1. The summed E-state index contributed by atoms with van der Waals surface area (Å²) in [5.74, 6) is -2.36. The number of hydrogen-bond donors (Lipinski definition) is 2. The highest BCUT2D eigenvalue weighted by molar-refractivity contribution is 8.15. The number of aryl methyl sites for hydroxylation is 1. The first kappa shape index (κ1) is 31.9. The van der Waals surface area contributed by atoms with Crippen LogP contribution in [0, 0.1) is 0 Å². The minimum absolute atomic E-state index is 0.0684. The van der Waals surface area contributed by atoms with Crippen molar-refractivity contribution in [3.05, 3.63) is 59.7 Å². The van der Waals surface area contributed by atoms with Crippen LogP contribution in [-0.2, 0) is 32.6 Å². The van der Waals surface area contributed by atoms with Gasteiger partial charge < -0.3 is 20.1 Å². The predicted molar refractivity (Wildman–Crippen MR) is 151 cm³/mol. The molecule has 10 nitrogen and oxygen atoms in total. The summed E-state index contributed by atoms with van der Waals surface area (Å²) in [5, 5.41) is 11.4. The van der Waals surface area contributed by atoms with Crippen molar-refractivity contribution in [2.75, 3.05) is 19.6 Å². The Morgan fingerprint density at radius 2 is 1.76 bits per heavy atom. The summed E-state index contributed by atoms with van der Waals surface area (Å²) in [6, 6.07) is 10.1. The van der Waals surface area contributed by atoms with Crippen molar-refractivity contribution in [2.45, 2.75) is 54.4 Å². The van der Waals surface area contributed by atoms with Crippen LogP contribution in [0.1, 0.15) is 24.5 Å². The van der Waals surface area contributed by atoms with Gasteiger partial charge in [0.25, 0.3) is 0 Å². The van der Waals surface area contributed by atoms with E-state index in [4.69, 9.17) is 11.6 Å². The molecule has 0 aromatic heterocycles. The molecule has 2 unspecified atom stereocenters. The Morgan fingerprint density at radius 3 is 2.33 bits per heavy atom. The summed E-state index contributed by atoms with van der Waals surface area (Å²) in [6.07, 6.45) is -3.05. The summed E-state index contributed by atoms with van der Waals surface area (Å²) in [5.41, 5.74) is 0.909. The molecule has 42 heavy (non-hydrogen) atoms. The second-order valence-corrected chi connectivity index (χ2v) is 13.0. The molecule has 3 atom stereocenters. The van der Waals surface area contributed by atoms with Gasteiger partial charge in [-0.15, -0.1) is 13.2 Å². The number of rotatable bonds is 9. The molecule has 2 heterocycles. The third kappa shape index (κ3) is 7.68. The van der Waals surface area contributed by atoms with Gasteiger partial charge >= 0.3 is 12.3 Å². The third-order valence-electron chi connectivity index (χ3n) is 6.56. The Balaban J connectivity index is 1.56. The number of sulfonamides is 1. The minimum Gasteiger partial charge on any atom is -0.480 e. The van der Waals surface area contributed by atoms with E-state index in [1.807, 2.05) is 24.3 Å². The van der Waals surface area contributed by atoms with Crippen molar-refractivity contribution < 1.29 is 41.0 Å². The number of amidine groups is 1. The Bertz CT molecular complexity index is 1430. The Labute approximate surface area is 249 Å². The van der Waals surface area contributed by atoms with Crippen LogP contribution in [0.15, 0.2) is 58.4 Å². The first-order chi connectivity index (χ1) is 19.8. The highest BCUT2D eigenvalue weighted by Crippen LogP contribution is 2.33. The number of halogens is 4. The second kappa shape index (κ2) is 13.1. The number of aliphatic imine (C=N–C) groups is 1. The molecule has 228 valence electrons. The van der Waals surface area contributed by atoms with Crippen molar-refractivity contribution in [1.29, 1.82) is 0 Å². The van der Waals surface area contributed by atoms with Gasteiger partial charge in [0.15, 0.2) is 5.17 Å². The minimum atomic E-state index is -4.95. The van der Waals surface area contributed by atoms with Gasteiger partial charge in [0.05, 0.1) is 4.90 Å². The van der Waals surface area contributed by atoms with Crippen LogP contribution < -0.4 is 10.1 Å². The maximum Gasteiger partial charge on any atom is 0.573 e. The molecule has 1 fully saturated rings. The zero-order valence-corrected chi connectivity index (χ0v) is 24.6. The maximum atomic E-state index is 13.6. The van der Waals surface area contributed by atoms with Crippen LogP contribution in [-0.4, -0.2) is 82.6 Å². The number of benzene rings is 2. The highest BCUT2D eigenvalue weighted by atomic mass is 35.5. The van der Waals surface area contributed by atoms with Crippen LogP contribution in [0.5, 0.6) is 5.75 Å². The molecule has 2 aliphatic rings. The molecule has 2 aromatic carbocycles. The average Bonchev–Trinajstić information content (AvgIpc) is 3.33. The van der Waals surface area contributed by atoms with Gasteiger partial charge in [-0.05, 0) is 41.8 Å². The standard InChI is InChI=1S/C26H28ClF3N4O6S2/c1-2-3-16-4-6-17(7-5-16)14-31-23(35)20-15-33(25-32-22(27)21(41-25)24(36)37)12-13-34(20)42(38,39)19-10-8-18(9-11-19)40-26(28,29)30/h4-11,20-22H,2-3,12-15H2,1H3,(H,31,35)(H,36,37)/t20-,21?,22?/m1/s1. The predicted octanol–water partition coefficient (Wildman–Crippen LogP) is 3.65. The number of thioether (sulfide) groups is 1. The molecule has 1 saturated heterocycles. The van der Waals surface area contributed by atoms with Gasteiger partial charge in [0.1, 0.15) is 22.5 Å². The molecule has 2 N–H and O–H groups in total. The Hall–Kier alpha value is -3.01. The number of carbonyl (C=O) groups excluding carboxylic acids is 1. The van der Waals surface area contributed by atoms with Crippen molar-refractivity contribution in [2.24, 2.45) is 4.99 Å². The quantitative estimate of drug-likeness (QED) is 0.312.